The van der Waals surface area contributed by atoms with Gasteiger partial charge < -0.3 is 10.3 Å². The van der Waals surface area contributed by atoms with Crippen molar-refractivity contribution in [3.63, 3.8) is 0 Å². The molecule has 1 atom stereocenters. The molecule has 108 valence electrons. The van der Waals surface area contributed by atoms with Gasteiger partial charge in [-0.3, -0.25) is 4.79 Å². The summed E-state index contributed by atoms with van der Waals surface area (Å²) < 4.78 is 37.5. The van der Waals surface area contributed by atoms with Crippen LogP contribution in [-0.2, 0) is 6.18 Å². The van der Waals surface area contributed by atoms with Crippen molar-refractivity contribution >= 4 is 17.2 Å². The Morgan fingerprint density at radius 3 is 2.80 bits per heavy atom. The maximum absolute atomic E-state index is 12.5. The molecule has 20 heavy (non-hydrogen) atoms. The van der Waals surface area contributed by atoms with Crippen LogP contribution >= 0.6 is 11.3 Å². The third-order valence-corrected chi connectivity index (χ3v) is 3.63. The van der Waals surface area contributed by atoms with Crippen molar-refractivity contribution in [1.29, 1.82) is 0 Å². The summed E-state index contributed by atoms with van der Waals surface area (Å²) in [5, 5.41) is 3.87. The summed E-state index contributed by atoms with van der Waals surface area (Å²) in [6.45, 7) is 1.77. The second-order valence-electron chi connectivity index (χ2n) is 4.09. The van der Waals surface area contributed by atoms with Crippen molar-refractivity contribution in [2.24, 2.45) is 0 Å². The molecule has 0 aromatic carbocycles. The molecule has 1 amide bonds. The van der Waals surface area contributed by atoms with Crippen LogP contribution in [0, 0.1) is 0 Å². The number of hydrogen-bond acceptors (Lipinski definition) is 3. The Morgan fingerprint density at radius 1 is 1.55 bits per heavy atom. The minimum Gasteiger partial charge on any atom is -0.357 e. The first-order valence-corrected chi connectivity index (χ1v) is 6.76. The van der Waals surface area contributed by atoms with Gasteiger partial charge in [0, 0.05) is 11.6 Å². The number of amides is 1. The number of aromatic amines is 1. The molecule has 2 N–H and O–H groups in total. The minimum atomic E-state index is -4.46. The first-order chi connectivity index (χ1) is 9.41. The van der Waals surface area contributed by atoms with E-state index in [1.54, 1.807) is 25.3 Å². The summed E-state index contributed by atoms with van der Waals surface area (Å²) in [5.41, 5.74) is -0.568. The topological polar surface area (TPSA) is 57.8 Å². The molecule has 2 rings (SSSR count). The summed E-state index contributed by atoms with van der Waals surface area (Å²) in [6.07, 6.45) is -2.41. The Kier molecular flexibility index (Phi) is 4.12. The number of nitrogens with one attached hydrogen (secondary N) is 2. The lowest BCUT2D eigenvalue weighted by Crippen LogP contribution is -2.28. The van der Waals surface area contributed by atoms with Crippen LogP contribution in [0.5, 0.6) is 0 Å². The van der Waals surface area contributed by atoms with E-state index in [1.807, 2.05) is 0 Å². The third kappa shape index (κ3) is 3.19. The highest BCUT2D eigenvalue weighted by molar-refractivity contribution is 7.09. The summed E-state index contributed by atoms with van der Waals surface area (Å²) in [7, 11) is 0. The molecule has 0 spiro atoms. The standard InChI is InChI=1S/C12H12F3N3OS/c1-2-7(17-10(19)8-4-3-5-16-8)11-18-9(6-20-11)12(13,14)15/h3-7,16H,2H2,1H3,(H,17,19)/t7-/m0/s1. The molecule has 8 heteroatoms. The fourth-order valence-corrected chi connectivity index (χ4v) is 2.58. The van der Waals surface area contributed by atoms with Crippen LogP contribution < -0.4 is 5.32 Å². The first kappa shape index (κ1) is 14.6. The van der Waals surface area contributed by atoms with Gasteiger partial charge >= 0.3 is 6.18 Å². The van der Waals surface area contributed by atoms with Crippen molar-refractivity contribution in [1.82, 2.24) is 15.3 Å². The van der Waals surface area contributed by atoms with E-state index >= 15 is 0 Å². The van der Waals surface area contributed by atoms with E-state index in [0.29, 0.717) is 12.1 Å². The predicted molar refractivity (Wildman–Crippen MR) is 68.4 cm³/mol. The Hall–Kier alpha value is -1.83. The van der Waals surface area contributed by atoms with Gasteiger partial charge in [0.1, 0.15) is 10.7 Å². The van der Waals surface area contributed by atoms with E-state index < -0.39 is 17.9 Å². The van der Waals surface area contributed by atoms with E-state index in [2.05, 4.69) is 15.3 Å². The summed E-state index contributed by atoms with van der Waals surface area (Å²) >= 11 is 0.892. The monoisotopic (exact) mass is 303 g/mol. The van der Waals surface area contributed by atoms with Crippen LogP contribution in [0.3, 0.4) is 0 Å². The van der Waals surface area contributed by atoms with Gasteiger partial charge in [0.25, 0.3) is 5.91 Å². The number of thiazole rings is 1. The number of carbonyl (C=O) groups is 1. The number of nitrogens with zero attached hydrogens (tertiary/aromatic N) is 1. The summed E-state index contributed by atoms with van der Waals surface area (Å²) in [5.74, 6) is -0.370. The Balaban J connectivity index is 2.12. The van der Waals surface area contributed by atoms with Crippen LogP contribution in [0.4, 0.5) is 13.2 Å². The zero-order valence-electron chi connectivity index (χ0n) is 10.5. The predicted octanol–water partition coefficient (Wildman–Crippen LogP) is 3.37. The fourth-order valence-electron chi connectivity index (χ4n) is 1.62. The lowest BCUT2D eigenvalue weighted by Gasteiger charge is -2.13. The largest absolute Gasteiger partial charge is 0.434 e. The molecule has 0 bridgehead atoms. The molecular formula is C12H12F3N3OS. The second kappa shape index (κ2) is 5.66. The van der Waals surface area contributed by atoms with Crippen molar-refractivity contribution in [2.75, 3.05) is 0 Å². The molecule has 0 aliphatic rings. The van der Waals surface area contributed by atoms with Gasteiger partial charge in [-0.25, -0.2) is 4.98 Å². The highest BCUT2D eigenvalue weighted by Gasteiger charge is 2.34. The van der Waals surface area contributed by atoms with Crippen molar-refractivity contribution in [2.45, 2.75) is 25.6 Å². The van der Waals surface area contributed by atoms with Gasteiger partial charge in [-0.1, -0.05) is 6.92 Å². The van der Waals surface area contributed by atoms with Crippen LogP contribution in [0.2, 0.25) is 0 Å². The molecule has 0 saturated carbocycles. The maximum atomic E-state index is 12.5. The summed E-state index contributed by atoms with van der Waals surface area (Å²) in [6, 6.07) is 2.72. The zero-order chi connectivity index (χ0) is 14.8. The lowest BCUT2D eigenvalue weighted by molar-refractivity contribution is -0.140. The molecule has 0 aliphatic carbocycles. The number of rotatable bonds is 4. The average molecular weight is 303 g/mol. The van der Waals surface area contributed by atoms with Crippen molar-refractivity contribution < 1.29 is 18.0 Å². The van der Waals surface area contributed by atoms with Crippen molar-refractivity contribution in [3.05, 3.63) is 40.1 Å². The Labute approximate surface area is 117 Å². The molecule has 4 nitrogen and oxygen atoms in total. The van der Waals surface area contributed by atoms with Gasteiger partial charge in [-0.2, -0.15) is 13.2 Å². The van der Waals surface area contributed by atoms with Gasteiger partial charge in [0.2, 0.25) is 0 Å². The molecule has 0 saturated heterocycles. The smallest absolute Gasteiger partial charge is 0.357 e. The van der Waals surface area contributed by atoms with E-state index in [9.17, 15) is 18.0 Å². The number of aromatic nitrogens is 2. The normalized spacial score (nSPS) is 13.2. The highest BCUT2D eigenvalue weighted by Crippen LogP contribution is 2.32. The van der Waals surface area contributed by atoms with Crippen molar-refractivity contribution in [3.8, 4) is 0 Å². The molecule has 2 heterocycles. The number of H-pyrrole nitrogens is 1. The number of hydrogen-bond donors (Lipinski definition) is 2. The van der Waals surface area contributed by atoms with Crippen LogP contribution in [-0.4, -0.2) is 15.9 Å². The zero-order valence-corrected chi connectivity index (χ0v) is 11.3. The number of carbonyl (C=O) groups excluding carboxylic acids is 1. The number of halogens is 3. The van der Waals surface area contributed by atoms with Gasteiger partial charge in [0.05, 0.1) is 6.04 Å². The van der Waals surface area contributed by atoms with Gasteiger partial charge in [0.15, 0.2) is 5.69 Å². The van der Waals surface area contributed by atoms with E-state index in [1.165, 1.54) is 0 Å². The highest BCUT2D eigenvalue weighted by atomic mass is 32.1. The van der Waals surface area contributed by atoms with E-state index in [-0.39, 0.29) is 10.9 Å². The van der Waals surface area contributed by atoms with Gasteiger partial charge in [-0.05, 0) is 18.6 Å². The lowest BCUT2D eigenvalue weighted by atomic mass is 10.2. The SMILES string of the molecule is CC[C@H](NC(=O)c1ccc[nH]1)c1nc(C(F)(F)F)cs1. The molecule has 0 unspecified atom stereocenters. The van der Waals surface area contributed by atoms with E-state index in [0.717, 1.165) is 16.7 Å². The Bertz CT molecular complexity index is 577. The minimum absolute atomic E-state index is 0.250. The van der Waals surface area contributed by atoms with Crippen LogP contribution in [0.25, 0.3) is 0 Å². The molecule has 0 aliphatic heterocycles. The molecule has 2 aromatic rings. The van der Waals surface area contributed by atoms with Crippen LogP contribution in [0.1, 0.15) is 40.6 Å². The fraction of sp³-hybridized carbons (Fsp3) is 0.333. The molecule has 0 fully saturated rings. The molecular weight excluding hydrogens is 291 g/mol. The molecule has 2 aromatic heterocycles. The summed E-state index contributed by atoms with van der Waals surface area (Å²) in [4.78, 5) is 18.2. The number of alkyl halides is 3. The quantitative estimate of drug-likeness (QED) is 0.910. The third-order valence-electron chi connectivity index (χ3n) is 2.67. The second-order valence-corrected chi connectivity index (χ2v) is 4.98. The van der Waals surface area contributed by atoms with Gasteiger partial charge in [-0.15, -0.1) is 11.3 Å². The first-order valence-electron chi connectivity index (χ1n) is 5.88. The molecule has 0 radical (unpaired) electrons. The van der Waals surface area contributed by atoms with Crippen LogP contribution in [0.15, 0.2) is 23.7 Å². The average Bonchev–Trinajstić information content (AvgIpc) is 3.04. The Morgan fingerprint density at radius 2 is 2.30 bits per heavy atom. The maximum Gasteiger partial charge on any atom is 0.434 e. The van der Waals surface area contributed by atoms with E-state index in [4.69, 9.17) is 0 Å².